The monoisotopic (exact) mass is 412 g/mol. The minimum absolute atomic E-state index is 0.0299. The third-order valence-electron chi connectivity index (χ3n) is 8.39. The molecular weight excluding hydrogens is 384 g/mol. The number of benzene rings is 2. The van der Waals surface area contributed by atoms with E-state index in [0.29, 0.717) is 23.3 Å². The first kappa shape index (κ1) is 20.1. The zero-order valence-corrected chi connectivity index (χ0v) is 17.9. The van der Waals surface area contributed by atoms with Crippen LogP contribution in [-0.2, 0) is 11.2 Å². The van der Waals surface area contributed by atoms with E-state index in [1.807, 2.05) is 36.4 Å². The first-order valence-electron chi connectivity index (χ1n) is 11.4. The Hall–Kier alpha value is -2.86. The topological polar surface area (TPSA) is 54.4 Å². The van der Waals surface area contributed by atoms with Crippen LogP contribution in [0.3, 0.4) is 0 Å². The Balaban J connectivity index is 1.38. The zero-order chi connectivity index (χ0) is 21.6. The van der Waals surface area contributed by atoms with Crippen molar-refractivity contribution < 1.29 is 14.7 Å². The van der Waals surface area contributed by atoms with Gasteiger partial charge < -0.3 is 5.11 Å². The average molecular weight is 413 g/mol. The van der Waals surface area contributed by atoms with Crippen molar-refractivity contribution in [3.63, 3.8) is 0 Å². The Kier molecular flexibility index (Phi) is 4.97. The number of carboxylic acid groups (broad SMARTS) is 1. The number of hydrogen-bond donors (Lipinski definition) is 1. The van der Waals surface area contributed by atoms with Crippen LogP contribution in [-0.4, -0.2) is 16.9 Å². The number of fused-ring (bicyclic) bond motifs is 5. The van der Waals surface area contributed by atoms with Gasteiger partial charge in [-0.1, -0.05) is 37.1 Å². The molecule has 0 aromatic heterocycles. The van der Waals surface area contributed by atoms with Crippen LogP contribution in [0, 0.1) is 35.0 Å². The zero-order valence-electron chi connectivity index (χ0n) is 17.9. The molecule has 0 bridgehead atoms. The number of hydrogen-bond acceptors (Lipinski definition) is 2. The van der Waals surface area contributed by atoms with Gasteiger partial charge in [0.1, 0.15) is 0 Å². The molecule has 0 saturated heterocycles. The molecule has 3 nitrogen and oxygen atoms in total. The van der Waals surface area contributed by atoms with Crippen LogP contribution in [0.25, 0.3) is 0 Å². The van der Waals surface area contributed by atoms with Crippen molar-refractivity contribution in [2.24, 2.45) is 23.2 Å². The molecule has 0 heterocycles. The lowest BCUT2D eigenvalue weighted by Gasteiger charge is -2.50. The van der Waals surface area contributed by atoms with E-state index in [2.05, 4.69) is 24.8 Å². The van der Waals surface area contributed by atoms with Crippen molar-refractivity contribution in [2.75, 3.05) is 0 Å². The van der Waals surface area contributed by atoms with E-state index in [1.54, 1.807) is 6.07 Å². The summed E-state index contributed by atoms with van der Waals surface area (Å²) in [6.07, 6.45) is 6.20. The van der Waals surface area contributed by atoms with Crippen molar-refractivity contribution in [1.82, 2.24) is 0 Å². The average Bonchev–Trinajstić information content (AvgIpc) is 3.15. The van der Waals surface area contributed by atoms with Crippen LogP contribution < -0.4 is 0 Å². The van der Waals surface area contributed by atoms with Gasteiger partial charge in [-0.25, -0.2) is 4.79 Å². The van der Waals surface area contributed by atoms with E-state index in [9.17, 15) is 14.7 Å². The molecule has 3 heteroatoms. The van der Waals surface area contributed by atoms with Crippen molar-refractivity contribution in [2.45, 2.75) is 51.4 Å². The second-order valence-electron chi connectivity index (χ2n) is 9.79. The van der Waals surface area contributed by atoms with Crippen molar-refractivity contribution in [1.29, 1.82) is 0 Å². The molecule has 3 aliphatic rings. The maximum atomic E-state index is 13.1. The van der Waals surface area contributed by atoms with Gasteiger partial charge in [-0.15, -0.1) is 0 Å². The second-order valence-corrected chi connectivity index (χ2v) is 9.79. The van der Waals surface area contributed by atoms with E-state index < -0.39 is 5.97 Å². The molecule has 0 radical (unpaired) electrons. The van der Waals surface area contributed by atoms with Gasteiger partial charge in [0.15, 0.2) is 0 Å². The van der Waals surface area contributed by atoms with E-state index in [1.165, 1.54) is 11.1 Å². The molecule has 2 saturated carbocycles. The minimum atomic E-state index is -0.852. The molecule has 2 aromatic rings. The minimum Gasteiger partial charge on any atom is -0.478 e. The summed E-state index contributed by atoms with van der Waals surface area (Å²) < 4.78 is 0. The van der Waals surface area contributed by atoms with Gasteiger partial charge >= 0.3 is 5.97 Å². The summed E-state index contributed by atoms with van der Waals surface area (Å²) >= 11 is 0. The fraction of sp³-hybridized carbons (Fsp3) is 0.429. The van der Waals surface area contributed by atoms with E-state index >= 15 is 0 Å². The molecule has 0 spiro atoms. The van der Waals surface area contributed by atoms with Crippen LogP contribution in [0.4, 0.5) is 0 Å². The van der Waals surface area contributed by atoms with Gasteiger partial charge in [0.25, 0.3) is 0 Å². The number of aromatic carboxylic acids is 1. The number of Topliss-reactive ketones (excluding diaryl/α,β-unsaturated/α-hetero) is 1. The second kappa shape index (κ2) is 7.68. The summed E-state index contributed by atoms with van der Waals surface area (Å²) in [4.78, 5) is 24.5. The molecule has 5 rings (SSSR count). The van der Waals surface area contributed by atoms with Gasteiger partial charge in [0.05, 0.1) is 5.56 Å². The van der Waals surface area contributed by atoms with Gasteiger partial charge in [-0.05, 0) is 103 Å². The first-order valence-corrected chi connectivity index (χ1v) is 11.4. The molecule has 0 unspecified atom stereocenters. The molecule has 31 heavy (non-hydrogen) atoms. The summed E-state index contributed by atoms with van der Waals surface area (Å²) in [5.41, 5.74) is 3.87. The number of carbonyl (C=O) groups excluding carboxylic acids is 1. The summed E-state index contributed by atoms with van der Waals surface area (Å²) in [5, 5.41) is 9.33. The molecule has 158 valence electrons. The summed E-state index contributed by atoms with van der Waals surface area (Å²) in [7, 11) is 0. The third kappa shape index (κ3) is 3.39. The Morgan fingerprint density at radius 2 is 1.84 bits per heavy atom. The molecule has 5 atom stereocenters. The predicted molar refractivity (Wildman–Crippen MR) is 120 cm³/mol. The highest BCUT2D eigenvalue weighted by atomic mass is 16.4. The van der Waals surface area contributed by atoms with Gasteiger partial charge in [0.2, 0.25) is 5.78 Å². The molecule has 0 amide bonds. The lowest BCUT2D eigenvalue weighted by Crippen LogP contribution is -2.43. The smallest absolute Gasteiger partial charge is 0.335 e. The molecule has 3 aliphatic carbocycles. The maximum absolute atomic E-state index is 13.1. The highest BCUT2D eigenvalue weighted by Gasteiger charge is 2.56. The van der Waals surface area contributed by atoms with E-state index in [0.717, 1.165) is 44.1 Å². The molecular formula is C28H28O3. The number of ketones is 1. The number of carboxylic acids is 1. The normalized spacial score (nSPS) is 30.9. The lowest BCUT2D eigenvalue weighted by molar-refractivity contribution is -0.122. The quantitative estimate of drug-likeness (QED) is 0.665. The highest BCUT2D eigenvalue weighted by Crippen LogP contribution is 2.63. The van der Waals surface area contributed by atoms with Gasteiger partial charge in [0, 0.05) is 11.5 Å². The SMILES string of the molecule is C[C@]12CC[C@@H]3c4ccc(C(=O)O)cc4CC[C@H]3[C@@H]1CC[C@@H]2C(=O)C#Cc1ccccc1. The Labute approximate surface area is 183 Å². The van der Waals surface area contributed by atoms with Crippen LogP contribution in [0.15, 0.2) is 48.5 Å². The van der Waals surface area contributed by atoms with Crippen molar-refractivity contribution >= 4 is 11.8 Å². The van der Waals surface area contributed by atoms with Crippen molar-refractivity contribution in [3.05, 3.63) is 70.8 Å². The number of carbonyl (C=O) groups is 2. The third-order valence-corrected chi connectivity index (χ3v) is 8.39. The van der Waals surface area contributed by atoms with Gasteiger partial charge in [-0.2, -0.15) is 0 Å². The van der Waals surface area contributed by atoms with Crippen molar-refractivity contribution in [3.8, 4) is 11.8 Å². The largest absolute Gasteiger partial charge is 0.478 e. The lowest BCUT2D eigenvalue weighted by atomic mass is 9.54. The fourth-order valence-corrected chi connectivity index (χ4v) is 6.89. The van der Waals surface area contributed by atoms with Crippen LogP contribution in [0.5, 0.6) is 0 Å². The summed E-state index contributed by atoms with van der Waals surface area (Å²) in [5.74, 6) is 6.94. The van der Waals surface area contributed by atoms with Crippen LogP contribution in [0.2, 0.25) is 0 Å². The number of aryl methyl sites for hydroxylation is 1. The molecule has 1 N–H and O–H groups in total. The Morgan fingerprint density at radius 3 is 2.61 bits per heavy atom. The highest BCUT2D eigenvalue weighted by molar-refractivity contribution is 5.98. The predicted octanol–water partition coefficient (Wildman–Crippen LogP) is 5.48. The summed E-state index contributed by atoms with van der Waals surface area (Å²) in [6, 6.07) is 15.4. The standard InChI is InChI=1S/C28H28O3/c1-28-16-15-22-21-10-9-20(27(30)31)17-19(21)8-11-23(22)24(28)12-13-25(28)26(29)14-7-18-5-3-2-4-6-18/h2-6,9-10,17,22-25H,8,11-13,15-16H2,1H3,(H,30,31)/t22-,23-,24+,25-,28+/m1/s1. The van der Waals surface area contributed by atoms with Crippen LogP contribution >= 0.6 is 0 Å². The molecule has 0 aliphatic heterocycles. The van der Waals surface area contributed by atoms with Crippen LogP contribution in [0.1, 0.15) is 72.0 Å². The number of rotatable bonds is 2. The fourth-order valence-electron chi connectivity index (χ4n) is 6.89. The van der Waals surface area contributed by atoms with Gasteiger partial charge in [-0.3, -0.25) is 4.79 Å². The summed E-state index contributed by atoms with van der Waals surface area (Å²) in [6.45, 7) is 2.33. The first-order chi connectivity index (χ1) is 15.0. The maximum Gasteiger partial charge on any atom is 0.335 e. The Morgan fingerprint density at radius 1 is 1.03 bits per heavy atom. The Bertz CT molecular complexity index is 1090. The molecule has 2 fully saturated rings. The molecule has 2 aromatic carbocycles. The van der Waals surface area contributed by atoms with E-state index in [-0.39, 0.29) is 17.1 Å². The van der Waals surface area contributed by atoms with E-state index in [4.69, 9.17) is 0 Å².